The summed E-state index contributed by atoms with van der Waals surface area (Å²) in [5, 5.41) is 7.47. The SMILES string of the molecule is CCOC(=O)N1CCC(NCCc2ncnn2C)C1. The summed E-state index contributed by atoms with van der Waals surface area (Å²) in [4.78, 5) is 17.5. The largest absolute Gasteiger partial charge is 0.450 e. The molecule has 0 aromatic carbocycles. The third-order valence-corrected chi connectivity index (χ3v) is 3.30. The smallest absolute Gasteiger partial charge is 0.409 e. The van der Waals surface area contributed by atoms with Gasteiger partial charge in [0.25, 0.3) is 0 Å². The molecule has 1 N–H and O–H groups in total. The van der Waals surface area contributed by atoms with Crippen LogP contribution in [-0.2, 0) is 18.2 Å². The van der Waals surface area contributed by atoms with Gasteiger partial charge >= 0.3 is 6.09 Å². The monoisotopic (exact) mass is 267 g/mol. The number of aromatic nitrogens is 3. The molecule has 0 radical (unpaired) electrons. The molecule has 1 fully saturated rings. The fourth-order valence-corrected chi connectivity index (χ4v) is 2.24. The quantitative estimate of drug-likeness (QED) is 0.824. The predicted molar refractivity (Wildman–Crippen MR) is 69.7 cm³/mol. The van der Waals surface area contributed by atoms with E-state index in [0.29, 0.717) is 12.6 Å². The van der Waals surface area contributed by atoms with E-state index >= 15 is 0 Å². The second kappa shape index (κ2) is 6.51. The zero-order valence-corrected chi connectivity index (χ0v) is 11.5. The molecule has 7 nitrogen and oxygen atoms in total. The molecule has 0 aliphatic carbocycles. The number of carbonyl (C=O) groups excluding carboxylic acids is 1. The van der Waals surface area contributed by atoms with Gasteiger partial charge in [0.2, 0.25) is 0 Å². The Hall–Kier alpha value is -1.63. The van der Waals surface area contributed by atoms with Gasteiger partial charge in [-0.05, 0) is 13.3 Å². The zero-order chi connectivity index (χ0) is 13.7. The van der Waals surface area contributed by atoms with Crippen molar-refractivity contribution in [2.45, 2.75) is 25.8 Å². The van der Waals surface area contributed by atoms with Crippen LogP contribution in [0.25, 0.3) is 0 Å². The highest BCUT2D eigenvalue weighted by molar-refractivity contribution is 5.68. The van der Waals surface area contributed by atoms with Crippen LogP contribution in [-0.4, -0.2) is 58.0 Å². The highest BCUT2D eigenvalue weighted by Gasteiger charge is 2.26. The van der Waals surface area contributed by atoms with Crippen molar-refractivity contribution in [3.8, 4) is 0 Å². The van der Waals surface area contributed by atoms with Crippen LogP contribution >= 0.6 is 0 Å². The van der Waals surface area contributed by atoms with Gasteiger partial charge in [0, 0.05) is 39.1 Å². The van der Waals surface area contributed by atoms with Crippen LogP contribution in [0, 0.1) is 0 Å². The van der Waals surface area contributed by atoms with Crippen molar-refractivity contribution in [1.29, 1.82) is 0 Å². The summed E-state index contributed by atoms with van der Waals surface area (Å²) in [6, 6.07) is 0.345. The molecule has 1 aliphatic heterocycles. The lowest BCUT2D eigenvalue weighted by Gasteiger charge is -2.16. The van der Waals surface area contributed by atoms with Gasteiger partial charge in [-0.15, -0.1) is 0 Å². The van der Waals surface area contributed by atoms with E-state index in [1.54, 1.807) is 15.9 Å². The van der Waals surface area contributed by atoms with Gasteiger partial charge in [-0.2, -0.15) is 5.10 Å². The zero-order valence-electron chi connectivity index (χ0n) is 11.5. The molecule has 0 spiro atoms. The average Bonchev–Trinajstić information content (AvgIpc) is 3.00. The number of likely N-dealkylation sites (tertiary alicyclic amines) is 1. The molecule has 1 amide bonds. The van der Waals surface area contributed by atoms with Crippen molar-refractivity contribution in [3.05, 3.63) is 12.2 Å². The normalized spacial score (nSPS) is 18.8. The van der Waals surface area contributed by atoms with E-state index in [9.17, 15) is 4.79 Å². The Kier molecular flexibility index (Phi) is 4.73. The molecule has 1 aliphatic rings. The Morgan fingerprint density at radius 3 is 3.16 bits per heavy atom. The van der Waals surface area contributed by atoms with E-state index in [2.05, 4.69) is 15.4 Å². The number of hydrogen-bond donors (Lipinski definition) is 1. The maximum Gasteiger partial charge on any atom is 0.409 e. The molecule has 0 bridgehead atoms. The van der Waals surface area contributed by atoms with Gasteiger partial charge in [-0.1, -0.05) is 0 Å². The maximum atomic E-state index is 11.6. The molecular formula is C12H21N5O2. The summed E-state index contributed by atoms with van der Waals surface area (Å²) in [5.41, 5.74) is 0. The Morgan fingerprint density at radius 1 is 1.63 bits per heavy atom. The molecule has 1 aromatic rings. The highest BCUT2D eigenvalue weighted by atomic mass is 16.6. The van der Waals surface area contributed by atoms with Gasteiger partial charge in [0.1, 0.15) is 12.2 Å². The molecule has 106 valence electrons. The first-order chi connectivity index (χ1) is 9.20. The topological polar surface area (TPSA) is 72.3 Å². The summed E-state index contributed by atoms with van der Waals surface area (Å²) >= 11 is 0. The summed E-state index contributed by atoms with van der Waals surface area (Å²) < 4.78 is 6.77. The molecule has 2 heterocycles. The number of nitrogens with zero attached hydrogens (tertiary/aromatic N) is 4. The van der Waals surface area contributed by atoms with Crippen LogP contribution < -0.4 is 5.32 Å². The van der Waals surface area contributed by atoms with Crippen molar-refractivity contribution >= 4 is 6.09 Å². The number of hydrogen-bond acceptors (Lipinski definition) is 5. The molecule has 1 unspecified atom stereocenters. The van der Waals surface area contributed by atoms with Crippen LogP contribution in [0.1, 0.15) is 19.2 Å². The third-order valence-electron chi connectivity index (χ3n) is 3.30. The highest BCUT2D eigenvalue weighted by Crippen LogP contribution is 2.10. The molecule has 1 aromatic heterocycles. The van der Waals surface area contributed by atoms with E-state index in [1.165, 1.54) is 0 Å². The number of rotatable bonds is 5. The Labute approximate surface area is 112 Å². The van der Waals surface area contributed by atoms with Gasteiger partial charge in [0.05, 0.1) is 6.61 Å². The van der Waals surface area contributed by atoms with Crippen LogP contribution in [0.2, 0.25) is 0 Å². The van der Waals surface area contributed by atoms with Crippen LogP contribution in [0.15, 0.2) is 6.33 Å². The van der Waals surface area contributed by atoms with E-state index < -0.39 is 0 Å². The second-order valence-corrected chi connectivity index (χ2v) is 4.63. The second-order valence-electron chi connectivity index (χ2n) is 4.63. The van der Waals surface area contributed by atoms with Crippen molar-refractivity contribution < 1.29 is 9.53 Å². The number of ether oxygens (including phenoxy) is 1. The minimum atomic E-state index is -0.208. The fraction of sp³-hybridized carbons (Fsp3) is 0.750. The number of aryl methyl sites for hydroxylation is 1. The summed E-state index contributed by atoms with van der Waals surface area (Å²) in [5.74, 6) is 0.966. The van der Waals surface area contributed by atoms with Crippen LogP contribution in [0.5, 0.6) is 0 Å². The average molecular weight is 267 g/mol. The number of nitrogens with one attached hydrogen (secondary N) is 1. The first-order valence-electron chi connectivity index (χ1n) is 6.68. The van der Waals surface area contributed by atoms with Gasteiger partial charge < -0.3 is 15.0 Å². The van der Waals surface area contributed by atoms with Crippen LogP contribution in [0.3, 0.4) is 0 Å². The van der Waals surface area contributed by atoms with Crippen molar-refractivity contribution in [3.63, 3.8) is 0 Å². The summed E-state index contributed by atoms with van der Waals surface area (Å²) in [6.07, 6.45) is 3.16. The first-order valence-corrected chi connectivity index (χ1v) is 6.68. The minimum absolute atomic E-state index is 0.208. The molecule has 0 saturated carbocycles. The molecule has 1 saturated heterocycles. The lowest BCUT2D eigenvalue weighted by molar-refractivity contribution is 0.115. The first kappa shape index (κ1) is 13.8. The van der Waals surface area contributed by atoms with Gasteiger partial charge in [-0.25, -0.2) is 9.78 Å². The Morgan fingerprint density at radius 2 is 2.47 bits per heavy atom. The van der Waals surface area contributed by atoms with E-state index in [0.717, 1.165) is 38.3 Å². The maximum absolute atomic E-state index is 11.6. The van der Waals surface area contributed by atoms with Crippen molar-refractivity contribution in [2.24, 2.45) is 7.05 Å². The lowest BCUT2D eigenvalue weighted by Crippen LogP contribution is -2.36. The standard InChI is InChI=1S/C12H21N5O2/c1-3-19-12(18)17-7-5-10(8-17)13-6-4-11-14-9-15-16(11)2/h9-10,13H,3-8H2,1-2H3. The minimum Gasteiger partial charge on any atom is -0.450 e. The molecule has 7 heteroatoms. The molecule has 19 heavy (non-hydrogen) atoms. The van der Waals surface area contributed by atoms with E-state index in [1.807, 2.05) is 14.0 Å². The van der Waals surface area contributed by atoms with E-state index in [-0.39, 0.29) is 6.09 Å². The number of carbonyl (C=O) groups is 1. The van der Waals surface area contributed by atoms with Crippen molar-refractivity contribution in [1.82, 2.24) is 25.0 Å². The van der Waals surface area contributed by atoms with Gasteiger partial charge in [0.15, 0.2) is 0 Å². The lowest BCUT2D eigenvalue weighted by atomic mass is 10.2. The van der Waals surface area contributed by atoms with E-state index in [4.69, 9.17) is 4.74 Å². The molecular weight excluding hydrogens is 246 g/mol. The fourth-order valence-electron chi connectivity index (χ4n) is 2.24. The molecule has 1 atom stereocenters. The van der Waals surface area contributed by atoms with Gasteiger partial charge in [-0.3, -0.25) is 4.68 Å². The summed E-state index contributed by atoms with van der Waals surface area (Å²) in [6.45, 7) is 4.58. The molecule has 2 rings (SSSR count). The van der Waals surface area contributed by atoms with Crippen LogP contribution in [0.4, 0.5) is 4.79 Å². The third kappa shape index (κ3) is 3.66. The van der Waals surface area contributed by atoms with Crippen molar-refractivity contribution in [2.75, 3.05) is 26.2 Å². The predicted octanol–water partition coefficient (Wildman–Crippen LogP) is 0.178. The Bertz CT molecular complexity index is 420. The Balaban J connectivity index is 1.68. The number of amides is 1. The summed E-state index contributed by atoms with van der Waals surface area (Å²) in [7, 11) is 1.89.